The lowest BCUT2D eigenvalue weighted by Crippen LogP contribution is -2.39. The van der Waals surface area contributed by atoms with E-state index in [1.807, 2.05) is 28.6 Å². The largest absolute Gasteiger partial charge is 0.493 e. The van der Waals surface area contributed by atoms with Gasteiger partial charge in [-0.05, 0) is 30.0 Å². The molecule has 1 aromatic heterocycles. The molecule has 4 rings (SSSR count). The van der Waals surface area contributed by atoms with E-state index in [0.29, 0.717) is 12.3 Å². The highest BCUT2D eigenvalue weighted by molar-refractivity contribution is 7.09. The van der Waals surface area contributed by atoms with Gasteiger partial charge in [0, 0.05) is 37.0 Å². The minimum absolute atomic E-state index is 0.227. The Morgan fingerprint density at radius 1 is 1.43 bits per heavy atom. The molecule has 1 saturated heterocycles. The second kappa shape index (κ2) is 6.32. The Hall–Kier alpha value is -1.88. The molecular weight excluding hydrogens is 308 g/mol. The summed E-state index contributed by atoms with van der Waals surface area (Å²) in [5, 5.41) is 3.18. The molecule has 1 amide bonds. The van der Waals surface area contributed by atoms with Crippen LogP contribution in [0.4, 0.5) is 0 Å². The van der Waals surface area contributed by atoms with Gasteiger partial charge in [0.25, 0.3) is 0 Å². The van der Waals surface area contributed by atoms with Crippen LogP contribution in [-0.4, -0.2) is 35.5 Å². The SMILES string of the molecule is O=C(Cc1ccc2c(c1)CCO2)N1CCC[C@@H](c2nccs2)C1. The summed E-state index contributed by atoms with van der Waals surface area (Å²) in [4.78, 5) is 19.1. The summed E-state index contributed by atoms with van der Waals surface area (Å²) in [5.74, 6) is 1.61. The van der Waals surface area contributed by atoms with Crippen LogP contribution in [0.15, 0.2) is 29.8 Å². The maximum absolute atomic E-state index is 12.7. The second-order valence-electron chi connectivity index (χ2n) is 6.27. The molecule has 0 aliphatic carbocycles. The zero-order valence-corrected chi connectivity index (χ0v) is 13.8. The molecule has 0 spiro atoms. The molecule has 2 aliphatic rings. The van der Waals surface area contributed by atoms with E-state index in [-0.39, 0.29) is 5.91 Å². The Labute approximate surface area is 140 Å². The Balaban J connectivity index is 1.42. The van der Waals surface area contributed by atoms with Crippen LogP contribution in [0, 0.1) is 0 Å². The molecule has 1 atom stereocenters. The number of nitrogens with zero attached hydrogens (tertiary/aromatic N) is 2. The number of fused-ring (bicyclic) bond motifs is 1. The molecule has 4 nitrogen and oxygen atoms in total. The highest BCUT2D eigenvalue weighted by Gasteiger charge is 2.26. The van der Waals surface area contributed by atoms with E-state index in [9.17, 15) is 4.79 Å². The maximum Gasteiger partial charge on any atom is 0.227 e. The van der Waals surface area contributed by atoms with Crippen molar-refractivity contribution in [2.45, 2.75) is 31.6 Å². The first kappa shape index (κ1) is 14.7. The van der Waals surface area contributed by atoms with E-state index < -0.39 is 0 Å². The molecule has 3 heterocycles. The standard InChI is InChI=1S/C18H20N2O2S/c21-17(11-13-3-4-16-14(10-13)5-8-22-16)20-7-1-2-15(12-20)18-19-6-9-23-18/h3-4,6,9-10,15H,1-2,5,7-8,11-12H2/t15-/m1/s1. The summed E-state index contributed by atoms with van der Waals surface area (Å²) in [5.41, 5.74) is 2.32. The monoisotopic (exact) mass is 328 g/mol. The fraction of sp³-hybridized carbons (Fsp3) is 0.444. The number of benzene rings is 1. The molecule has 23 heavy (non-hydrogen) atoms. The number of carbonyl (C=O) groups excluding carboxylic acids is 1. The number of likely N-dealkylation sites (tertiary alicyclic amines) is 1. The van der Waals surface area contributed by atoms with Gasteiger partial charge in [-0.3, -0.25) is 4.79 Å². The van der Waals surface area contributed by atoms with Gasteiger partial charge in [0.05, 0.1) is 18.0 Å². The van der Waals surface area contributed by atoms with Gasteiger partial charge in [0.2, 0.25) is 5.91 Å². The van der Waals surface area contributed by atoms with Crippen molar-refractivity contribution < 1.29 is 9.53 Å². The quantitative estimate of drug-likeness (QED) is 0.870. The Morgan fingerprint density at radius 3 is 3.26 bits per heavy atom. The average Bonchev–Trinajstić information content (AvgIpc) is 3.26. The predicted octanol–water partition coefficient (Wildman–Crippen LogP) is 3.03. The van der Waals surface area contributed by atoms with Crippen molar-refractivity contribution in [1.82, 2.24) is 9.88 Å². The molecule has 0 unspecified atom stereocenters. The minimum Gasteiger partial charge on any atom is -0.493 e. The number of aromatic nitrogens is 1. The first-order chi connectivity index (χ1) is 11.3. The summed E-state index contributed by atoms with van der Waals surface area (Å²) < 4.78 is 5.53. The predicted molar refractivity (Wildman–Crippen MR) is 90.0 cm³/mol. The molecule has 0 bridgehead atoms. The summed E-state index contributed by atoms with van der Waals surface area (Å²) in [6.07, 6.45) is 5.49. The van der Waals surface area contributed by atoms with Crippen molar-refractivity contribution in [1.29, 1.82) is 0 Å². The third-order valence-electron chi connectivity index (χ3n) is 4.68. The molecular formula is C18H20N2O2S. The molecule has 5 heteroatoms. The van der Waals surface area contributed by atoms with Gasteiger partial charge in [-0.2, -0.15) is 0 Å². The van der Waals surface area contributed by atoms with E-state index in [0.717, 1.165) is 55.3 Å². The maximum atomic E-state index is 12.7. The van der Waals surface area contributed by atoms with E-state index in [1.54, 1.807) is 11.3 Å². The van der Waals surface area contributed by atoms with Crippen molar-refractivity contribution in [2.24, 2.45) is 0 Å². The normalized spacial score (nSPS) is 20.2. The van der Waals surface area contributed by atoms with E-state index in [4.69, 9.17) is 4.74 Å². The number of piperidine rings is 1. The van der Waals surface area contributed by atoms with Gasteiger partial charge in [-0.15, -0.1) is 11.3 Å². The fourth-order valence-corrected chi connectivity index (χ4v) is 4.25. The minimum atomic E-state index is 0.227. The molecule has 0 saturated carbocycles. The highest BCUT2D eigenvalue weighted by atomic mass is 32.1. The van der Waals surface area contributed by atoms with Crippen molar-refractivity contribution >= 4 is 17.2 Å². The lowest BCUT2D eigenvalue weighted by atomic mass is 9.98. The highest BCUT2D eigenvalue weighted by Crippen LogP contribution is 2.29. The van der Waals surface area contributed by atoms with Crippen LogP contribution in [0.3, 0.4) is 0 Å². The first-order valence-electron chi connectivity index (χ1n) is 8.21. The number of ether oxygens (including phenoxy) is 1. The molecule has 2 aliphatic heterocycles. The zero-order chi connectivity index (χ0) is 15.6. The molecule has 1 aromatic carbocycles. The van der Waals surface area contributed by atoms with E-state index >= 15 is 0 Å². The Kier molecular flexibility index (Phi) is 4.04. The van der Waals surface area contributed by atoms with Crippen molar-refractivity contribution in [3.05, 3.63) is 45.9 Å². The van der Waals surface area contributed by atoms with Gasteiger partial charge in [-0.25, -0.2) is 4.98 Å². The summed E-state index contributed by atoms with van der Waals surface area (Å²) in [7, 11) is 0. The van der Waals surface area contributed by atoms with Crippen LogP contribution in [0.1, 0.15) is 34.9 Å². The molecule has 2 aromatic rings. The van der Waals surface area contributed by atoms with Gasteiger partial charge < -0.3 is 9.64 Å². The molecule has 120 valence electrons. The number of amides is 1. The number of carbonyl (C=O) groups is 1. The third kappa shape index (κ3) is 3.11. The van der Waals surface area contributed by atoms with Crippen LogP contribution in [0.2, 0.25) is 0 Å². The zero-order valence-electron chi connectivity index (χ0n) is 13.0. The third-order valence-corrected chi connectivity index (χ3v) is 5.62. The van der Waals surface area contributed by atoms with Crippen LogP contribution >= 0.6 is 11.3 Å². The summed E-state index contributed by atoms with van der Waals surface area (Å²) in [6.45, 7) is 2.43. The smallest absolute Gasteiger partial charge is 0.227 e. The number of hydrogen-bond donors (Lipinski definition) is 0. The topological polar surface area (TPSA) is 42.4 Å². The van der Waals surface area contributed by atoms with E-state index in [1.165, 1.54) is 5.56 Å². The molecule has 0 radical (unpaired) electrons. The van der Waals surface area contributed by atoms with Crippen molar-refractivity contribution in [2.75, 3.05) is 19.7 Å². The van der Waals surface area contributed by atoms with Gasteiger partial charge in [0.15, 0.2) is 0 Å². The lowest BCUT2D eigenvalue weighted by Gasteiger charge is -2.32. The van der Waals surface area contributed by atoms with Crippen LogP contribution in [-0.2, 0) is 17.6 Å². The average molecular weight is 328 g/mol. The summed E-state index contributed by atoms with van der Waals surface area (Å²) in [6, 6.07) is 6.15. The molecule has 0 N–H and O–H groups in total. The first-order valence-corrected chi connectivity index (χ1v) is 9.09. The van der Waals surface area contributed by atoms with E-state index in [2.05, 4.69) is 11.1 Å². The fourth-order valence-electron chi connectivity index (χ4n) is 3.48. The van der Waals surface area contributed by atoms with Gasteiger partial charge in [0.1, 0.15) is 5.75 Å². The second-order valence-corrected chi connectivity index (χ2v) is 7.19. The number of hydrogen-bond acceptors (Lipinski definition) is 4. The molecule has 1 fully saturated rings. The van der Waals surface area contributed by atoms with Crippen LogP contribution < -0.4 is 4.74 Å². The Bertz CT molecular complexity index is 699. The van der Waals surface area contributed by atoms with Crippen molar-refractivity contribution in [3.63, 3.8) is 0 Å². The van der Waals surface area contributed by atoms with Crippen LogP contribution in [0.5, 0.6) is 5.75 Å². The lowest BCUT2D eigenvalue weighted by molar-refractivity contribution is -0.131. The van der Waals surface area contributed by atoms with Gasteiger partial charge >= 0.3 is 0 Å². The Morgan fingerprint density at radius 2 is 2.39 bits per heavy atom. The van der Waals surface area contributed by atoms with Crippen molar-refractivity contribution in [3.8, 4) is 5.75 Å². The van der Waals surface area contributed by atoms with Gasteiger partial charge in [-0.1, -0.05) is 12.1 Å². The number of thiazole rings is 1. The number of rotatable bonds is 3. The van der Waals surface area contributed by atoms with Crippen LogP contribution in [0.25, 0.3) is 0 Å². The summed E-state index contributed by atoms with van der Waals surface area (Å²) >= 11 is 1.70.